The Hall–Kier alpha value is -2.78. The van der Waals surface area contributed by atoms with Crippen LogP contribution in [0.1, 0.15) is 42.4 Å². The van der Waals surface area contributed by atoms with Gasteiger partial charge in [-0.1, -0.05) is 0 Å². The number of ether oxygens (including phenoxy) is 1. The molecular weight excluding hydrogens is 343 g/mol. The fourth-order valence-electron chi connectivity index (χ4n) is 2.16. The zero-order valence-corrected chi connectivity index (χ0v) is 13.8. The van der Waals surface area contributed by atoms with Crippen LogP contribution < -0.4 is 4.74 Å². The van der Waals surface area contributed by atoms with Crippen molar-refractivity contribution < 1.29 is 32.9 Å². The maximum Gasteiger partial charge on any atom is 0.423 e. The summed E-state index contributed by atoms with van der Waals surface area (Å²) in [6.45, 7) is 6.42. The molecule has 10 heteroatoms. The predicted molar refractivity (Wildman–Crippen MR) is 79.9 cm³/mol. The van der Waals surface area contributed by atoms with Gasteiger partial charge >= 0.3 is 12.1 Å². The van der Waals surface area contributed by atoms with Crippen molar-refractivity contribution in [1.29, 1.82) is 0 Å². The van der Waals surface area contributed by atoms with E-state index in [4.69, 9.17) is 4.74 Å². The molecule has 0 saturated heterocycles. The quantitative estimate of drug-likeness (QED) is 0.870. The van der Waals surface area contributed by atoms with Gasteiger partial charge in [-0.2, -0.15) is 18.3 Å². The zero-order chi connectivity index (χ0) is 19.2. The topological polar surface area (TPSA) is 97.5 Å². The van der Waals surface area contributed by atoms with Crippen LogP contribution >= 0.6 is 0 Å². The van der Waals surface area contributed by atoms with Gasteiger partial charge < -0.3 is 14.9 Å². The normalized spacial score (nSPS) is 12.3. The molecule has 0 aliphatic carbocycles. The van der Waals surface area contributed by atoms with Crippen molar-refractivity contribution in [2.75, 3.05) is 0 Å². The monoisotopic (exact) mass is 359 g/mol. The molecule has 2 rings (SSSR count). The molecule has 0 fully saturated rings. The summed E-state index contributed by atoms with van der Waals surface area (Å²) in [6, 6.07) is 0. The third kappa shape index (κ3) is 3.52. The van der Waals surface area contributed by atoms with Gasteiger partial charge in [0.2, 0.25) is 5.88 Å². The molecule has 0 saturated carbocycles. The van der Waals surface area contributed by atoms with E-state index in [2.05, 4.69) is 10.1 Å². The Kier molecular flexibility index (Phi) is 4.41. The number of alkyl halides is 3. The van der Waals surface area contributed by atoms with E-state index in [1.165, 1.54) is 11.6 Å². The lowest BCUT2D eigenvalue weighted by Gasteiger charge is -2.23. The number of hydrogen-bond donors (Lipinski definition) is 2. The van der Waals surface area contributed by atoms with Gasteiger partial charge in [0, 0.05) is 5.56 Å². The molecule has 2 aromatic rings. The molecular formula is C15H16F3N3O4. The molecule has 0 aromatic carbocycles. The molecule has 2 N–H and O–H groups in total. The van der Waals surface area contributed by atoms with Gasteiger partial charge in [0.1, 0.15) is 11.3 Å². The highest BCUT2D eigenvalue weighted by Crippen LogP contribution is 2.43. The van der Waals surface area contributed by atoms with Gasteiger partial charge in [0.25, 0.3) is 0 Å². The van der Waals surface area contributed by atoms with Crippen LogP contribution in [0.15, 0.2) is 12.4 Å². The minimum atomic E-state index is -4.89. The van der Waals surface area contributed by atoms with Crippen LogP contribution in [0.2, 0.25) is 0 Å². The molecule has 0 radical (unpaired) electrons. The van der Waals surface area contributed by atoms with Crippen LogP contribution in [0, 0.1) is 6.92 Å². The highest BCUT2D eigenvalue weighted by Gasteiger charge is 2.39. The Bertz CT molecular complexity index is 823. The Morgan fingerprint density at radius 3 is 2.32 bits per heavy atom. The average molecular weight is 359 g/mol. The summed E-state index contributed by atoms with van der Waals surface area (Å²) in [5, 5.41) is 22.6. The van der Waals surface area contributed by atoms with E-state index in [1.807, 2.05) is 0 Å². The lowest BCUT2D eigenvalue weighted by molar-refractivity contribution is -0.139. The van der Waals surface area contributed by atoms with Crippen molar-refractivity contribution in [2.45, 2.75) is 39.4 Å². The number of carboxylic acids is 1. The number of hydrogen-bond acceptors (Lipinski definition) is 5. The van der Waals surface area contributed by atoms with Crippen molar-refractivity contribution >= 4 is 5.97 Å². The number of nitrogens with zero attached hydrogens (tertiary/aromatic N) is 3. The standard InChI is InChI=1S/C15H16F3N3O4/c1-7-11(13(23)24)20-21(14(2,3)4)12(7)25-9-6-19-5-8(22)10(9)15(16,17)18/h5-6,22H,1-4H3,(H,23,24). The van der Waals surface area contributed by atoms with E-state index < -0.39 is 34.7 Å². The lowest BCUT2D eigenvalue weighted by atomic mass is 10.1. The Balaban J connectivity index is 2.67. The third-order valence-corrected chi connectivity index (χ3v) is 3.29. The molecule has 0 bridgehead atoms. The minimum Gasteiger partial charge on any atom is -0.506 e. The van der Waals surface area contributed by atoms with Crippen molar-refractivity contribution in [3.8, 4) is 17.4 Å². The molecule has 2 aromatic heterocycles. The van der Waals surface area contributed by atoms with Gasteiger partial charge in [-0.15, -0.1) is 0 Å². The van der Waals surface area contributed by atoms with Crippen LogP contribution in [-0.2, 0) is 11.7 Å². The Labute approximate surface area is 140 Å². The number of halogens is 3. The van der Waals surface area contributed by atoms with Crippen molar-refractivity contribution in [3.63, 3.8) is 0 Å². The second kappa shape index (κ2) is 5.94. The molecule has 25 heavy (non-hydrogen) atoms. The number of rotatable bonds is 3. The van der Waals surface area contributed by atoms with E-state index in [0.29, 0.717) is 6.20 Å². The highest BCUT2D eigenvalue weighted by molar-refractivity contribution is 5.87. The fraction of sp³-hybridized carbons (Fsp3) is 0.400. The molecule has 0 amide bonds. The summed E-state index contributed by atoms with van der Waals surface area (Å²) in [5.74, 6) is -3.36. The molecule has 7 nitrogen and oxygen atoms in total. The lowest BCUT2D eigenvalue weighted by Crippen LogP contribution is -2.24. The number of aromatic nitrogens is 3. The van der Waals surface area contributed by atoms with E-state index in [0.717, 1.165) is 6.20 Å². The van der Waals surface area contributed by atoms with E-state index in [-0.39, 0.29) is 17.1 Å². The van der Waals surface area contributed by atoms with Crippen molar-refractivity contribution in [1.82, 2.24) is 14.8 Å². The van der Waals surface area contributed by atoms with Gasteiger partial charge in [-0.05, 0) is 27.7 Å². The number of carbonyl (C=O) groups is 1. The van der Waals surface area contributed by atoms with Gasteiger partial charge in [-0.25, -0.2) is 9.48 Å². The molecule has 0 unspecified atom stereocenters. The van der Waals surface area contributed by atoms with Crippen LogP contribution in [0.4, 0.5) is 13.2 Å². The molecule has 0 atom stereocenters. The van der Waals surface area contributed by atoms with Crippen LogP contribution in [0.3, 0.4) is 0 Å². The number of carboxylic acid groups (broad SMARTS) is 1. The summed E-state index contributed by atoms with van der Waals surface area (Å²) >= 11 is 0. The van der Waals surface area contributed by atoms with Crippen molar-refractivity contribution in [3.05, 3.63) is 29.2 Å². The largest absolute Gasteiger partial charge is 0.506 e. The molecule has 0 aliphatic heterocycles. The summed E-state index contributed by atoms with van der Waals surface area (Å²) < 4.78 is 46.1. The second-order valence-corrected chi connectivity index (χ2v) is 6.30. The summed E-state index contributed by atoms with van der Waals surface area (Å²) in [6.07, 6.45) is -3.45. The summed E-state index contributed by atoms with van der Waals surface area (Å²) in [4.78, 5) is 14.8. The molecule has 0 spiro atoms. The number of aromatic carboxylic acids is 1. The highest BCUT2D eigenvalue weighted by atomic mass is 19.4. The third-order valence-electron chi connectivity index (χ3n) is 3.29. The maximum absolute atomic E-state index is 13.2. The smallest absolute Gasteiger partial charge is 0.423 e. The fourth-order valence-corrected chi connectivity index (χ4v) is 2.16. The second-order valence-electron chi connectivity index (χ2n) is 6.30. The van der Waals surface area contributed by atoms with E-state index in [1.54, 1.807) is 20.8 Å². The van der Waals surface area contributed by atoms with Gasteiger partial charge in [-0.3, -0.25) is 4.98 Å². The first kappa shape index (κ1) is 18.6. The maximum atomic E-state index is 13.2. The molecule has 0 aliphatic rings. The molecule has 136 valence electrons. The van der Waals surface area contributed by atoms with Crippen LogP contribution in [-0.4, -0.2) is 30.9 Å². The minimum absolute atomic E-state index is 0.0545. The van der Waals surface area contributed by atoms with E-state index >= 15 is 0 Å². The van der Waals surface area contributed by atoms with Crippen molar-refractivity contribution in [2.24, 2.45) is 0 Å². The van der Waals surface area contributed by atoms with Crippen LogP contribution in [0.25, 0.3) is 0 Å². The Morgan fingerprint density at radius 1 is 1.24 bits per heavy atom. The van der Waals surface area contributed by atoms with Gasteiger partial charge in [0.05, 0.1) is 17.9 Å². The van der Waals surface area contributed by atoms with Crippen LogP contribution in [0.5, 0.6) is 17.4 Å². The first-order valence-corrected chi connectivity index (χ1v) is 7.09. The number of aromatic hydroxyl groups is 1. The summed E-state index contributed by atoms with van der Waals surface area (Å²) in [7, 11) is 0. The first-order valence-electron chi connectivity index (χ1n) is 7.09. The average Bonchev–Trinajstić information content (AvgIpc) is 2.75. The predicted octanol–water partition coefficient (Wildman–Crippen LogP) is 3.56. The summed E-state index contributed by atoms with van der Waals surface area (Å²) in [5.41, 5.74) is -2.46. The Morgan fingerprint density at radius 2 is 1.84 bits per heavy atom. The SMILES string of the molecule is Cc1c(C(=O)O)nn(C(C)(C)C)c1Oc1cncc(O)c1C(F)(F)F. The number of pyridine rings is 1. The molecule has 2 heterocycles. The first-order chi connectivity index (χ1) is 11.3. The zero-order valence-electron chi connectivity index (χ0n) is 13.8. The van der Waals surface area contributed by atoms with Gasteiger partial charge in [0.15, 0.2) is 11.4 Å². The van der Waals surface area contributed by atoms with E-state index in [9.17, 15) is 28.2 Å².